The minimum Gasteiger partial charge on any atom is -0.368 e. The molecular formula is C19H28N4O. The van der Waals surface area contributed by atoms with Crippen LogP contribution in [-0.2, 0) is 0 Å². The molecule has 0 radical (unpaired) electrons. The summed E-state index contributed by atoms with van der Waals surface area (Å²) in [6, 6.07) is 4.20. The number of hydrogen-bond acceptors (Lipinski definition) is 3. The highest BCUT2D eigenvalue weighted by atomic mass is 16.2. The Balaban J connectivity index is 1.21. The summed E-state index contributed by atoms with van der Waals surface area (Å²) in [7, 11) is 0. The standard InChI is InChI=1S/C19H28N4O/c24-18(21-15-16-14-19(16)6-2-1-3-7-19)23-12-10-22(11-13-23)17-4-8-20-9-5-17/h4-5,8-9,16H,1-3,6-7,10-15H2,(H,21,24). The van der Waals surface area contributed by atoms with Gasteiger partial charge in [-0.05, 0) is 42.7 Å². The van der Waals surface area contributed by atoms with E-state index in [0.29, 0.717) is 5.41 Å². The van der Waals surface area contributed by atoms with Crippen LogP contribution in [0.4, 0.5) is 10.5 Å². The van der Waals surface area contributed by atoms with Gasteiger partial charge in [0.1, 0.15) is 0 Å². The molecule has 5 heteroatoms. The molecule has 0 aromatic carbocycles. The molecule has 2 saturated carbocycles. The van der Waals surface area contributed by atoms with Gasteiger partial charge in [-0.1, -0.05) is 19.3 Å². The van der Waals surface area contributed by atoms with Gasteiger partial charge in [0.25, 0.3) is 0 Å². The lowest BCUT2D eigenvalue weighted by Crippen LogP contribution is -2.52. The number of urea groups is 1. The summed E-state index contributed by atoms with van der Waals surface area (Å²) in [6.45, 7) is 4.26. The predicted octanol–water partition coefficient (Wildman–Crippen LogP) is 2.88. The second-order valence-corrected chi connectivity index (χ2v) is 7.69. The molecule has 2 amide bonds. The molecule has 1 aliphatic heterocycles. The molecule has 1 N–H and O–H groups in total. The Morgan fingerprint density at radius 1 is 1.12 bits per heavy atom. The molecule has 5 nitrogen and oxygen atoms in total. The van der Waals surface area contributed by atoms with Crippen LogP contribution in [0.1, 0.15) is 38.5 Å². The van der Waals surface area contributed by atoms with E-state index in [1.807, 2.05) is 29.4 Å². The summed E-state index contributed by atoms with van der Waals surface area (Å²) in [4.78, 5) is 20.8. The summed E-state index contributed by atoms with van der Waals surface area (Å²) in [6.07, 6.45) is 11.9. The van der Waals surface area contributed by atoms with E-state index in [4.69, 9.17) is 0 Å². The van der Waals surface area contributed by atoms with Gasteiger partial charge in [0, 0.05) is 50.8 Å². The first-order chi connectivity index (χ1) is 11.8. The van der Waals surface area contributed by atoms with Gasteiger partial charge in [0.2, 0.25) is 0 Å². The average Bonchev–Trinajstić information content (AvgIpc) is 3.32. The Kier molecular flexibility index (Phi) is 4.33. The Hall–Kier alpha value is -1.78. The monoisotopic (exact) mass is 328 g/mol. The highest BCUT2D eigenvalue weighted by Gasteiger charge is 2.53. The van der Waals surface area contributed by atoms with Crippen LogP contribution in [-0.4, -0.2) is 48.6 Å². The van der Waals surface area contributed by atoms with Crippen molar-refractivity contribution in [2.24, 2.45) is 11.3 Å². The fourth-order valence-corrected chi connectivity index (χ4v) is 4.63. The lowest BCUT2D eigenvalue weighted by atomic mass is 9.84. The molecular weight excluding hydrogens is 300 g/mol. The summed E-state index contributed by atoms with van der Waals surface area (Å²) >= 11 is 0. The maximum absolute atomic E-state index is 12.4. The van der Waals surface area contributed by atoms with Crippen molar-refractivity contribution in [3.63, 3.8) is 0 Å². The summed E-state index contributed by atoms with van der Waals surface area (Å²) in [5, 5.41) is 3.20. The van der Waals surface area contributed by atoms with Crippen molar-refractivity contribution in [1.29, 1.82) is 0 Å². The van der Waals surface area contributed by atoms with Gasteiger partial charge in [-0.3, -0.25) is 4.98 Å². The molecule has 1 saturated heterocycles. The highest BCUT2D eigenvalue weighted by Crippen LogP contribution is 2.60. The number of carbonyl (C=O) groups is 1. The molecule has 1 aromatic heterocycles. The number of aromatic nitrogens is 1. The molecule has 1 aromatic rings. The smallest absolute Gasteiger partial charge is 0.317 e. The molecule has 1 atom stereocenters. The van der Waals surface area contributed by atoms with Crippen molar-refractivity contribution >= 4 is 11.7 Å². The number of rotatable bonds is 3. The van der Waals surface area contributed by atoms with Gasteiger partial charge in [0.05, 0.1) is 0 Å². The van der Waals surface area contributed by atoms with Crippen LogP contribution in [0.3, 0.4) is 0 Å². The number of pyridine rings is 1. The van der Waals surface area contributed by atoms with Crippen LogP contribution in [0.5, 0.6) is 0 Å². The van der Waals surface area contributed by atoms with Crippen molar-refractivity contribution < 1.29 is 4.79 Å². The van der Waals surface area contributed by atoms with Crippen molar-refractivity contribution in [3.05, 3.63) is 24.5 Å². The van der Waals surface area contributed by atoms with Crippen molar-refractivity contribution in [3.8, 4) is 0 Å². The zero-order chi connectivity index (χ0) is 16.4. The predicted molar refractivity (Wildman–Crippen MR) is 95.0 cm³/mol. The van der Waals surface area contributed by atoms with E-state index in [9.17, 15) is 4.79 Å². The van der Waals surface area contributed by atoms with E-state index in [-0.39, 0.29) is 6.03 Å². The molecule has 3 fully saturated rings. The molecule has 24 heavy (non-hydrogen) atoms. The molecule has 4 rings (SSSR count). The van der Waals surface area contributed by atoms with Crippen molar-refractivity contribution in [2.75, 3.05) is 37.6 Å². The van der Waals surface area contributed by atoms with Gasteiger partial charge in [-0.25, -0.2) is 4.79 Å². The minimum atomic E-state index is 0.127. The lowest BCUT2D eigenvalue weighted by molar-refractivity contribution is 0.192. The van der Waals surface area contributed by atoms with Crippen LogP contribution in [0.15, 0.2) is 24.5 Å². The van der Waals surface area contributed by atoms with Crippen LogP contribution in [0.25, 0.3) is 0 Å². The number of anilines is 1. The quantitative estimate of drug-likeness (QED) is 0.928. The molecule has 2 aliphatic carbocycles. The second kappa shape index (κ2) is 6.61. The molecule has 0 bridgehead atoms. The normalized spacial score (nSPS) is 25.6. The van der Waals surface area contributed by atoms with Gasteiger partial charge >= 0.3 is 6.03 Å². The Morgan fingerprint density at radius 2 is 1.83 bits per heavy atom. The van der Waals surface area contributed by atoms with Crippen LogP contribution in [0.2, 0.25) is 0 Å². The first-order valence-corrected chi connectivity index (χ1v) is 9.45. The summed E-state index contributed by atoms with van der Waals surface area (Å²) < 4.78 is 0. The molecule has 1 spiro atoms. The maximum Gasteiger partial charge on any atom is 0.317 e. The van der Waals surface area contributed by atoms with Gasteiger partial charge in [-0.15, -0.1) is 0 Å². The minimum absolute atomic E-state index is 0.127. The third-order valence-electron chi connectivity index (χ3n) is 6.30. The van der Waals surface area contributed by atoms with Crippen LogP contribution >= 0.6 is 0 Å². The van der Waals surface area contributed by atoms with Gasteiger partial charge in [-0.2, -0.15) is 0 Å². The number of amides is 2. The second-order valence-electron chi connectivity index (χ2n) is 7.69. The number of nitrogens with one attached hydrogen (secondary N) is 1. The fourth-order valence-electron chi connectivity index (χ4n) is 4.63. The number of piperazine rings is 1. The summed E-state index contributed by atoms with van der Waals surface area (Å²) in [5.74, 6) is 0.736. The highest BCUT2D eigenvalue weighted by molar-refractivity contribution is 5.74. The zero-order valence-corrected chi connectivity index (χ0v) is 14.4. The number of carbonyl (C=O) groups excluding carboxylic acids is 1. The molecule has 3 aliphatic rings. The van der Waals surface area contributed by atoms with E-state index in [1.54, 1.807) is 0 Å². The van der Waals surface area contributed by atoms with Gasteiger partial charge < -0.3 is 15.1 Å². The van der Waals surface area contributed by atoms with Crippen molar-refractivity contribution in [1.82, 2.24) is 15.2 Å². The zero-order valence-electron chi connectivity index (χ0n) is 14.4. The third kappa shape index (κ3) is 3.21. The van der Waals surface area contributed by atoms with E-state index in [0.717, 1.165) is 38.6 Å². The topological polar surface area (TPSA) is 48.5 Å². The SMILES string of the molecule is O=C(NCC1CC12CCCCC2)N1CCN(c2ccncc2)CC1. The van der Waals surface area contributed by atoms with Crippen molar-refractivity contribution in [2.45, 2.75) is 38.5 Å². The first kappa shape index (κ1) is 15.7. The Morgan fingerprint density at radius 3 is 2.54 bits per heavy atom. The van der Waals surface area contributed by atoms with Crippen LogP contribution in [0, 0.1) is 11.3 Å². The maximum atomic E-state index is 12.4. The lowest BCUT2D eigenvalue weighted by Gasteiger charge is -2.36. The first-order valence-electron chi connectivity index (χ1n) is 9.45. The van der Waals surface area contributed by atoms with E-state index in [2.05, 4.69) is 15.2 Å². The Labute approximate surface area is 144 Å². The fraction of sp³-hybridized carbons (Fsp3) is 0.684. The number of hydrogen-bond donors (Lipinski definition) is 1. The molecule has 2 heterocycles. The van der Waals surface area contributed by atoms with Crippen LogP contribution < -0.4 is 10.2 Å². The Bertz CT molecular complexity index is 562. The van der Waals surface area contributed by atoms with Gasteiger partial charge in [0.15, 0.2) is 0 Å². The largest absolute Gasteiger partial charge is 0.368 e. The third-order valence-corrected chi connectivity index (χ3v) is 6.30. The average molecular weight is 328 g/mol. The molecule has 1 unspecified atom stereocenters. The van der Waals surface area contributed by atoms with E-state index in [1.165, 1.54) is 44.2 Å². The van der Waals surface area contributed by atoms with E-state index >= 15 is 0 Å². The van der Waals surface area contributed by atoms with E-state index < -0.39 is 0 Å². The summed E-state index contributed by atoms with van der Waals surface area (Å²) in [5.41, 5.74) is 1.80. The number of nitrogens with zero attached hydrogens (tertiary/aromatic N) is 3. The molecule has 130 valence electrons.